The molecular formula is C17H30IN5O3. The summed E-state index contributed by atoms with van der Waals surface area (Å²) < 4.78 is 16.4. The van der Waals surface area contributed by atoms with Crippen molar-refractivity contribution >= 4 is 29.9 Å². The molecular weight excluding hydrogens is 449 g/mol. The van der Waals surface area contributed by atoms with Gasteiger partial charge >= 0.3 is 0 Å². The monoisotopic (exact) mass is 479 g/mol. The molecule has 2 aliphatic rings. The Balaban J connectivity index is 0.00000243. The molecule has 3 heterocycles. The van der Waals surface area contributed by atoms with Crippen molar-refractivity contribution in [1.82, 2.24) is 20.4 Å². The summed E-state index contributed by atoms with van der Waals surface area (Å²) in [6.07, 6.45) is 2.14. The molecule has 148 valence electrons. The highest BCUT2D eigenvalue weighted by Gasteiger charge is 2.42. The van der Waals surface area contributed by atoms with Gasteiger partial charge in [-0.2, -0.15) is 4.98 Å². The minimum atomic E-state index is -0.166. The molecule has 2 unspecified atom stereocenters. The lowest BCUT2D eigenvalue weighted by Gasteiger charge is -2.24. The minimum Gasteiger partial charge on any atom is -0.381 e. The smallest absolute Gasteiger partial charge is 0.248 e. The van der Waals surface area contributed by atoms with Gasteiger partial charge in [0.1, 0.15) is 12.6 Å². The molecule has 2 fully saturated rings. The standard InChI is InChI=1S/C17H29N5O3.HI/c1-4-18-16(22-8-6-17(11-22)7-9-23-12-17)19-10-14-20-15(21-25-14)13(3)24-5-2;/h13H,4-12H2,1-3H3,(H,18,19);1H. The maximum atomic E-state index is 5.61. The first-order valence-electron chi connectivity index (χ1n) is 9.21. The number of aliphatic imine (C=N–C) groups is 1. The van der Waals surface area contributed by atoms with Gasteiger partial charge in [0.2, 0.25) is 5.89 Å². The maximum Gasteiger partial charge on any atom is 0.248 e. The second-order valence-electron chi connectivity index (χ2n) is 6.79. The molecule has 0 radical (unpaired) electrons. The first kappa shape index (κ1) is 21.4. The number of aromatic nitrogens is 2. The number of guanidine groups is 1. The van der Waals surface area contributed by atoms with E-state index in [0.717, 1.165) is 51.6 Å². The molecule has 0 aromatic carbocycles. The molecule has 1 aromatic rings. The second-order valence-corrected chi connectivity index (χ2v) is 6.79. The fourth-order valence-electron chi connectivity index (χ4n) is 3.48. The summed E-state index contributed by atoms with van der Waals surface area (Å²) in [5.41, 5.74) is 0.306. The number of ether oxygens (including phenoxy) is 2. The lowest BCUT2D eigenvalue weighted by molar-refractivity contribution is 0.0683. The molecule has 0 saturated carbocycles. The van der Waals surface area contributed by atoms with Gasteiger partial charge in [0.15, 0.2) is 11.8 Å². The van der Waals surface area contributed by atoms with Crippen LogP contribution < -0.4 is 5.32 Å². The van der Waals surface area contributed by atoms with Crippen molar-refractivity contribution in [3.05, 3.63) is 11.7 Å². The number of nitrogens with one attached hydrogen (secondary N) is 1. The summed E-state index contributed by atoms with van der Waals surface area (Å²) in [5.74, 6) is 1.99. The Kier molecular flexibility index (Phi) is 8.08. The SMILES string of the molecule is CCNC(=NCc1nc(C(C)OCC)no1)N1CCC2(CCOC2)C1.I. The first-order valence-corrected chi connectivity index (χ1v) is 9.21. The van der Waals surface area contributed by atoms with E-state index < -0.39 is 0 Å². The van der Waals surface area contributed by atoms with Crippen LogP contribution in [0.3, 0.4) is 0 Å². The summed E-state index contributed by atoms with van der Waals surface area (Å²) in [4.78, 5) is 11.4. The Morgan fingerprint density at radius 2 is 2.27 bits per heavy atom. The van der Waals surface area contributed by atoms with Crippen LogP contribution in [0, 0.1) is 5.41 Å². The minimum absolute atomic E-state index is 0. The molecule has 1 aromatic heterocycles. The lowest BCUT2D eigenvalue weighted by Crippen LogP contribution is -2.41. The van der Waals surface area contributed by atoms with Crippen LogP contribution in [0.2, 0.25) is 0 Å². The van der Waals surface area contributed by atoms with Gasteiger partial charge in [-0.15, -0.1) is 24.0 Å². The van der Waals surface area contributed by atoms with Crippen molar-refractivity contribution in [2.75, 3.05) is 39.5 Å². The van der Waals surface area contributed by atoms with Gasteiger partial charge in [-0.05, 0) is 33.6 Å². The third-order valence-electron chi connectivity index (χ3n) is 4.89. The molecule has 8 nitrogen and oxygen atoms in total. The van der Waals surface area contributed by atoms with Crippen LogP contribution in [0.1, 0.15) is 51.4 Å². The van der Waals surface area contributed by atoms with Gasteiger partial charge in [0.25, 0.3) is 0 Å². The highest BCUT2D eigenvalue weighted by molar-refractivity contribution is 14.0. The zero-order valence-electron chi connectivity index (χ0n) is 15.9. The van der Waals surface area contributed by atoms with Crippen LogP contribution in [-0.2, 0) is 16.0 Å². The molecule has 3 rings (SSSR count). The van der Waals surface area contributed by atoms with Gasteiger partial charge in [-0.25, -0.2) is 4.99 Å². The molecule has 9 heteroatoms. The first-order chi connectivity index (χ1) is 12.2. The van der Waals surface area contributed by atoms with Gasteiger partial charge in [0, 0.05) is 38.3 Å². The third-order valence-corrected chi connectivity index (χ3v) is 4.89. The quantitative estimate of drug-likeness (QED) is 0.381. The average Bonchev–Trinajstić information content (AvgIpc) is 3.34. The summed E-state index contributed by atoms with van der Waals surface area (Å²) >= 11 is 0. The average molecular weight is 479 g/mol. The number of likely N-dealkylation sites (tertiary alicyclic amines) is 1. The van der Waals surface area contributed by atoms with Crippen LogP contribution in [0.4, 0.5) is 0 Å². The summed E-state index contributed by atoms with van der Waals surface area (Å²) in [5, 5.41) is 7.35. The number of nitrogens with zero attached hydrogens (tertiary/aromatic N) is 4. The van der Waals surface area contributed by atoms with E-state index in [1.165, 1.54) is 0 Å². The highest BCUT2D eigenvalue weighted by Crippen LogP contribution is 2.38. The van der Waals surface area contributed by atoms with Crippen molar-refractivity contribution in [2.45, 2.75) is 46.3 Å². The zero-order valence-corrected chi connectivity index (χ0v) is 18.2. The Bertz CT molecular complexity index is 589. The Labute approximate surface area is 172 Å². The van der Waals surface area contributed by atoms with Crippen LogP contribution >= 0.6 is 24.0 Å². The zero-order chi connectivity index (χ0) is 17.7. The van der Waals surface area contributed by atoms with Crippen molar-refractivity contribution < 1.29 is 14.0 Å². The molecule has 0 aliphatic carbocycles. The van der Waals surface area contributed by atoms with E-state index in [-0.39, 0.29) is 30.1 Å². The van der Waals surface area contributed by atoms with Crippen LogP contribution in [-0.4, -0.2) is 60.5 Å². The van der Waals surface area contributed by atoms with E-state index in [1.54, 1.807) is 0 Å². The van der Waals surface area contributed by atoms with Gasteiger partial charge in [-0.3, -0.25) is 0 Å². The number of rotatable bonds is 6. The van der Waals surface area contributed by atoms with Crippen molar-refractivity contribution in [3.63, 3.8) is 0 Å². The van der Waals surface area contributed by atoms with Gasteiger partial charge in [-0.1, -0.05) is 5.16 Å². The van der Waals surface area contributed by atoms with Crippen molar-refractivity contribution in [1.29, 1.82) is 0 Å². The molecule has 1 spiro atoms. The highest BCUT2D eigenvalue weighted by atomic mass is 127. The van der Waals surface area contributed by atoms with E-state index in [9.17, 15) is 0 Å². The number of halogens is 1. The Morgan fingerprint density at radius 1 is 1.42 bits per heavy atom. The van der Waals surface area contributed by atoms with Gasteiger partial charge < -0.3 is 24.2 Å². The molecule has 2 atom stereocenters. The topological polar surface area (TPSA) is 85.0 Å². The normalized spacial score (nSPS) is 24.1. The predicted octanol–water partition coefficient (Wildman–Crippen LogP) is 2.36. The van der Waals surface area contributed by atoms with Crippen molar-refractivity contribution in [2.24, 2.45) is 10.4 Å². The van der Waals surface area contributed by atoms with Crippen LogP contribution in [0.25, 0.3) is 0 Å². The van der Waals surface area contributed by atoms with Crippen molar-refractivity contribution in [3.8, 4) is 0 Å². The molecule has 26 heavy (non-hydrogen) atoms. The van der Waals surface area contributed by atoms with E-state index in [0.29, 0.717) is 30.3 Å². The van der Waals surface area contributed by atoms with Gasteiger partial charge in [0.05, 0.1) is 6.61 Å². The molecule has 2 aliphatic heterocycles. The molecule has 2 saturated heterocycles. The fraction of sp³-hybridized carbons (Fsp3) is 0.824. The van der Waals surface area contributed by atoms with E-state index >= 15 is 0 Å². The molecule has 0 bridgehead atoms. The Morgan fingerprint density at radius 3 is 2.96 bits per heavy atom. The lowest BCUT2D eigenvalue weighted by atomic mass is 9.87. The maximum absolute atomic E-state index is 5.61. The van der Waals surface area contributed by atoms with E-state index in [1.807, 2.05) is 13.8 Å². The van der Waals surface area contributed by atoms with E-state index in [2.05, 4.69) is 27.3 Å². The second kappa shape index (κ2) is 9.84. The number of hydrogen-bond donors (Lipinski definition) is 1. The largest absolute Gasteiger partial charge is 0.381 e. The Hall–Kier alpha value is -0.940. The summed E-state index contributed by atoms with van der Waals surface area (Å²) in [7, 11) is 0. The van der Waals surface area contributed by atoms with E-state index in [4.69, 9.17) is 19.0 Å². The molecule has 0 amide bonds. The van der Waals surface area contributed by atoms with Crippen LogP contribution in [0.15, 0.2) is 9.52 Å². The third kappa shape index (κ3) is 5.07. The summed E-state index contributed by atoms with van der Waals surface area (Å²) in [6, 6.07) is 0. The predicted molar refractivity (Wildman–Crippen MR) is 109 cm³/mol. The fourth-order valence-corrected chi connectivity index (χ4v) is 3.48. The van der Waals surface area contributed by atoms with Crippen LogP contribution in [0.5, 0.6) is 0 Å². The summed E-state index contributed by atoms with van der Waals surface area (Å²) in [6.45, 7) is 11.5. The molecule has 1 N–H and O–H groups in total. The number of hydrogen-bond acceptors (Lipinski definition) is 6.